The number of rotatable bonds is 0. The second-order valence-corrected chi connectivity index (χ2v) is 3.44. The molecule has 0 saturated carbocycles. The molecule has 60 valence electrons. The molecule has 11 heavy (non-hydrogen) atoms. The summed E-state index contributed by atoms with van der Waals surface area (Å²) in [5.41, 5.74) is 0. The van der Waals surface area contributed by atoms with Gasteiger partial charge in [-0.1, -0.05) is 13.8 Å². The highest BCUT2D eigenvalue weighted by molar-refractivity contribution is 4.89. The third-order valence-corrected chi connectivity index (χ3v) is 2.54. The fourth-order valence-electron chi connectivity index (χ4n) is 1.45. The molecular weight excluding hydrogens is 140 g/mol. The molecule has 0 amide bonds. The van der Waals surface area contributed by atoms with Crippen LogP contribution in [0.15, 0.2) is 0 Å². The molecule has 0 radical (unpaired) electrons. The van der Waals surface area contributed by atoms with Crippen LogP contribution in [0.5, 0.6) is 0 Å². The molecule has 1 aromatic rings. The summed E-state index contributed by atoms with van der Waals surface area (Å²) in [7, 11) is 0. The summed E-state index contributed by atoms with van der Waals surface area (Å²) < 4.78 is 1.91. The first-order valence-electron chi connectivity index (χ1n) is 4.02. The number of tetrazole rings is 1. The lowest BCUT2D eigenvalue weighted by Gasteiger charge is -2.24. The molecule has 4 heteroatoms. The standard InChI is InChI=1S/C7H12N4/c1-5-3-7-8-9-10-11(7)4-6(5)2/h5-6H,3-4H2,1-2H3. The lowest BCUT2D eigenvalue weighted by Crippen LogP contribution is -2.26. The minimum atomic E-state index is 0.700. The highest BCUT2D eigenvalue weighted by Crippen LogP contribution is 2.22. The lowest BCUT2D eigenvalue weighted by molar-refractivity contribution is 0.274. The average molecular weight is 152 g/mol. The minimum Gasteiger partial charge on any atom is -0.229 e. The van der Waals surface area contributed by atoms with Crippen molar-refractivity contribution in [2.24, 2.45) is 11.8 Å². The average Bonchev–Trinajstić information content (AvgIpc) is 2.36. The minimum absolute atomic E-state index is 0.700. The van der Waals surface area contributed by atoms with Crippen molar-refractivity contribution in [3.63, 3.8) is 0 Å². The number of hydrogen-bond donors (Lipinski definition) is 0. The van der Waals surface area contributed by atoms with Crippen molar-refractivity contribution in [2.75, 3.05) is 0 Å². The van der Waals surface area contributed by atoms with Gasteiger partial charge in [0.1, 0.15) is 0 Å². The molecule has 1 aliphatic rings. The molecule has 2 unspecified atom stereocenters. The molecule has 4 nitrogen and oxygen atoms in total. The van der Waals surface area contributed by atoms with Gasteiger partial charge in [0.05, 0.1) is 0 Å². The second kappa shape index (κ2) is 2.29. The van der Waals surface area contributed by atoms with Crippen LogP contribution in [0, 0.1) is 11.8 Å². The van der Waals surface area contributed by atoms with Crippen molar-refractivity contribution in [3.8, 4) is 0 Å². The summed E-state index contributed by atoms with van der Waals surface area (Å²) in [6, 6.07) is 0. The molecule has 0 fully saturated rings. The van der Waals surface area contributed by atoms with Crippen LogP contribution >= 0.6 is 0 Å². The molecular formula is C7H12N4. The van der Waals surface area contributed by atoms with Crippen LogP contribution < -0.4 is 0 Å². The Kier molecular flexibility index (Phi) is 1.41. The van der Waals surface area contributed by atoms with E-state index in [0.29, 0.717) is 11.8 Å². The molecule has 2 rings (SSSR count). The summed E-state index contributed by atoms with van der Waals surface area (Å²) in [4.78, 5) is 0. The van der Waals surface area contributed by atoms with Crippen LogP contribution in [0.3, 0.4) is 0 Å². The third-order valence-electron chi connectivity index (χ3n) is 2.54. The Hall–Kier alpha value is -0.930. The largest absolute Gasteiger partial charge is 0.229 e. The van der Waals surface area contributed by atoms with Gasteiger partial charge in [-0.25, -0.2) is 4.68 Å². The third kappa shape index (κ3) is 1.02. The zero-order valence-electron chi connectivity index (χ0n) is 6.86. The predicted octanol–water partition coefficient (Wildman–Crippen LogP) is 0.501. The van der Waals surface area contributed by atoms with Gasteiger partial charge in [-0.15, -0.1) is 5.10 Å². The molecule has 0 aliphatic carbocycles. The van der Waals surface area contributed by atoms with Crippen molar-refractivity contribution in [2.45, 2.75) is 26.8 Å². The van der Waals surface area contributed by atoms with Gasteiger partial charge in [0.15, 0.2) is 5.82 Å². The van der Waals surface area contributed by atoms with E-state index in [1.165, 1.54) is 0 Å². The monoisotopic (exact) mass is 152 g/mol. The Labute approximate surface area is 65.6 Å². The Morgan fingerprint density at radius 2 is 2.18 bits per heavy atom. The number of fused-ring (bicyclic) bond motifs is 1. The molecule has 0 saturated heterocycles. The number of nitrogens with zero attached hydrogens (tertiary/aromatic N) is 4. The van der Waals surface area contributed by atoms with Crippen molar-refractivity contribution in [1.82, 2.24) is 20.2 Å². The lowest BCUT2D eigenvalue weighted by atomic mass is 9.90. The van der Waals surface area contributed by atoms with Gasteiger partial charge in [-0.05, 0) is 22.3 Å². The molecule has 0 aromatic carbocycles. The smallest absolute Gasteiger partial charge is 0.151 e. The van der Waals surface area contributed by atoms with Gasteiger partial charge in [0, 0.05) is 13.0 Å². The molecule has 0 bridgehead atoms. The highest BCUT2D eigenvalue weighted by atomic mass is 15.5. The molecule has 1 aliphatic heterocycles. The summed E-state index contributed by atoms with van der Waals surface area (Å²) >= 11 is 0. The predicted molar refractivity (Wildman–Crippen MR) is 39.8 cm³/mol. The molecule has 2 atom stereocenters. The fraction of sp³-hybridized carbons (Fsp3) is 0.857. The quantitative estimate of drug-likeness (QED) is 0.543. The summed E-state index contributed by atoms with van der Waals surface area (Å²) in [5, 5.41) is 11.5. The van der Waals surface area contributed by atoms with E-state index in [4.69, 9.17) is 0 Å². The summed E-state index contributed by atoms with van der Waals surface area (Å²) in [6.45, 7) is 5.47. The first-order chi connectivity index (χ1) is 5.27. The van der Waals surface area contributed by atoms with Crippen molar-refractivity contribution in [1.29, 1.82) is 0 Å². The number of aromatic nitrogens is 4. The fourth-order valence-corrected chi connectivity index (χ4v) is 1.45. The van der Waals surface area contributed by atoms with Crippen LogP contribution in [0.4, 0.5) is 0 Å². The maximum absolute atomic E-state index is 3.94. The van der Waals surface area contributed by atoms with Crippen LogP contribution in [-0.4, -0.2) is 20.2 Å². The maximum Gasteiger partial charge on any atom is 0.151 e. The first-order valence-corrected chi connectivity index (χ1v) is 4.02. The van der Waals surface area contributed by atoms with Crippen LogP contribution in [0.1, 0.15) is 19.7 Å². The van der Waals surface area contributed by atoms with Gasteiger partial charge in [-0.3, -0.25) is 0 Å². The van der Waals surface area contributed by atoms with E-state index in [1.807, 2.05) is 4.68 Å². The van der Waals surface area contributed by atoms with Crippen molar-refractivity contribution < 1.29 is 0 Å². The van der Waals surface area contributed by atoms with E-state index in [2.05, 4.69) is 29.4 Å². The van der Waals surface area contributed by atoms with Gasteiger partial charge >= 0.3 is 0 Å². The van der Waals surface area contributed by atoms with E-state index < -0.39 is 0 Å². The maximum atomic E-state index is 3.94. The van der Waals surface area contributed by atoms with Gasteiger partial charge in [0.2, 0.25) is 0 Å². The second-order valence-electron chi connectivity index (χ2n) is 3.44. The van der Waals surface area contributed by atoms with E-state index in [0.717, 1.165) is 18.8 Å². The summed E-state index contributed by atoms with van der Waals surface area (Å²) in [5.74, 6) is 2.45. The molecule has 0 N–H and O–H groups in total. The van der Waals surface area contributed by atoms with Crippen LogP contribution in [0.25, 0.3) is 0 Å². The summed E-state index contributed by atoms with van der Waals surface area (Å²) in [6.07, 6.45) is 1.02. The molecule has 1 aromatic heterocycles. The first kappa shape index (κ1) is 6.76. The van der Waals surface area contributed by atoms with Crippen molar-refractivity contribution in [3.05, 3.63) is 5.82 Å². The van der Waals surface area contributed by atoms with Gasteiger partial charge in [0.25, 0.3) is 0 Å². The van der Waals surface area contributed by atoms with Crippen molar-refractivity contribution >= 4 is 0 Å². The zero-order valence-corrected chi connectivity index (χ0v) is 6.86. The van der Waals surface area contributed by atoms with Gasteiger partial charge in [-0.2, -0.15) is 0 Å². The van der Waals surface area contributed by atoms with Gasteiger partial charge < -0.3 is 0 Å². The van der Waals surface area contributed by atoms with E-state index in [9.17, 15) is 0 Å². The van der Waals surface area contributed by atoms with E-state index >= 15 is 0 Å². The Balaban J connectivity index is 2.30. The zero-order chi connectivity index (χ0) is 7.84. The van der Waals surface area contributed by atoms with Crippen LogP contribution in [0.2, 0.25) is 0 Å². The topological polar surface area (TPSA) is 43.6 Å². The molecule has 0 spiro atoms. The number of hydrogen-bond acceptors (Lipinski definition) is 3. The molecule has 2 heterocycles. The van der Waals surface area contributed by atoms with E-state index in [1.54, 1.807) is 0 Å². The SMILES string of the molecule is CC1Cc2nnnn2CC1C. The van der Waals surface area contributed by atoms with E-state index in [-0.39, 0.29) is 0 Å². The Morgan fingerprint density at radius 3 is 3.00 bits per heavy atom. The Bertz CT molecular complexity index is 230. The van der Waals surface area contributed by atoms with Crippen LogP contribution in [-0.2, 0) is 13.0 Å². The normalized spacial score (nSPS) is 30.0. The highest BCUT2D eigenvalue weighted by Gasteiger charge is 2.23. The Morgan fingerprint density at radius 1 is 1.36 bits per heavy atom.